The summed E-state index contributed by atoms with van der Waals surface area (Å²) in [7, 11) is -3.61. The highest BCUT2D eigenvalue weighted by Crippen LogP contribution is 2.26. The number of amides is 1. The Bertz CT molecular complexity index is 969. The van der Waals surface area contributed by atoms with Gasteiger partial charge in [0.2, 0.25) is 15.9 Å². The van der Waals surface area contributed by atoms with Crippen molar-refractivity contribution in [2.45, 2.75) is 56.7 Å². The molecule has 158 valence electrons. The Kier molecular flexibility index (Phi) is 7.79. The molecule has 1 amide bonds. The molecule has 0 aliphatic heterocycles. The summed E-state index contributed by atoms with van der Waals surface area (Å²) in [4.78, 5) is 21.4. The van der Waals surface area contributed by atoms with E-state index in [2.05, 4.69) is 15.3 Å². The van der Waals surface area contributed by atoms with Crippen LogP contribution in [0.15, 0.2) is 34.2 Å². The number of nitrogens with zero attached hydrogens (tertiary/aromatic N) is 3. The molecular weight excluding hydrogens is 408 g/mol. The Labute approximate surface area is 177 Å². The standard InChI is InChI=1S/C20H28N4O3S2/c1-7-24(8-2)29(26,27)18-12-17(10-9-13(18)3)23-20(25)15(5)28-19-11-14(4)21-16(6)22-19/h9-12,15H,7-8H2,1-6H3,(H,23,25). The minimum Gasteiger partial charge on any atom is -0.325 e. The normalized spacial score (nSPS) is 12.8. The Morgan fingerprint density at radius 2 is 1.79 bits per heavy atom. The van der Waals surface area contributed by atoms with Gasteiger partial charge >= 0.3 is 0 Å². The van der Waals surface area contributed by atoms with Gasteiger partial charge in [0.05, 0.1) is 10.1 Å². The smallest absolute Gasteiger partial charge is 0.243 e. The van der Waals surface area contributed by atoms with Crippen molar-refractivity contribution in [2.75, 3.05) is 18.4 Å². The van der Waals surface area contributed by atoms with Gasteiger partial charge in [-0.15, -0.1) is 0 Å². The highest BCUT2D eigenvalue weighted by molar-refractivity contribution is 8.00. The first-order valence-electron chi connectivity index (χ1n) is 9.49. The van der Waals surface area contributed by atoms with Crippen LogP contribution in [0.2, 0.25) is 0 Å². The molecule has 1 atom stereocenters. The minimum absolute atomic E-state index is 0.210. The molecule has 0 aliphatic carbocycles. The third-order valence-corrected chi connectivity index (χ3v) is 7.60. The van der Waals surface area contributed by atoms with Crippen molar-refractivity contribution in [3.8, 4) is 0 Å². The second-order valence-corrected chi connectivity index (χ2v) is 9.98. The van der Waals surface area contributed by atoms with Crippen LogP contribution in [0.3, 0.4) is 0 Å². The van der Waals surface area contributed by atoms with Crippen LogP contribution in [0.5, 0.6) is 0 Å². The first-order valence-corrected chi connectivity index (χ1v) is 11.8. The van der Waals surface area contributed by atoms with E-state index in [0.29, 0.717) is 30.2 Å². The van der Waals surface area contributed by atoms with Gasteiger partial charge < -0.3 is 5.32 Å². The summed E-state index contributed by atoms with van der Waals surface area (Å²) in [5.41, 5.74) is 1.94. The molecule has 0 saturated heterocycles. The van der Waals surface area contributed by atoms with Gasteiger partial charge in [0.1, 0.15) is 10.9 Å². The molecule has 7 nitrogen and oxygen atoms in total. The summed E-state index contributed by atoms with van der Waals surface area (Å²) >= 11 is 1.33. The van der Waals surface area contributed by atoms with Crippen molar-refractivity contribution in [2.24, 2.45) is 0 Å². The number of nitrogens with one attached hydrogen (secondary N) is 1. The van der Waals surface area contributed by atoms with Crippen LogP contribution in [0.1, 0.15) is 37.9 Å². The molecule has 2 aromatic rings. The van der Waals surface area contributed by atoms with Crippen molar-refractivity contribution in [3.63, 3.8) is 0 Å². The molecule has 1 unspecified atom stereocenters. The molecule has 0 aliphatic rings. The highest BCUT2D eigenvalue weighted by atomic mass is 32.2. The van der Waals surface area contributed by atoms with E-state index in [1.54, 1.807) is 39.8 Å². The maximum atomic E-state index is 12.9. The first-order chi connectivity index (χ1) is 13.6. The lowest BCUT2D eigenvalue weighted by molar-refractivity contribution is -0.115. The van der Waals surface area contributed by atoms with E-state index in [0.717, 1.165) is 10.7 Å². The lowest BCUT2D eigenvalue weighted by atomic mass is 10.2. The number of carbonyl (C=O) groups is 1. The van der Waals surface area contributed by atoms with Gasteiger partial charge in [-0.05, 0) is 51.5 Å². The molecule has 0 spiro atoms. The van der Waals surface area contributed by atoms with Gasteiger partial charge in [-0.3, -0.25) is 4.79 Å². The van der Waals surface area contributed by atoms with Gasteiger partial charge in [-0.25, -0.2) is 18.4 Å². The lowest BCUT2D eigenvalue weighted by Crippen LogP contribution is -2.31. The zero-order valence-corrected chi connectivity index (χ0v) is 19.3. The van der Waals surface area contributed by atoms with Crippen LogP contribution >= 0.6 is 11.8 Å². The number of sulfonamides is 1. The highest BCUT2D eigenvalue weighted by Gasteiger charge is 2.24. The third kappa shape index (κ3) is 5.77. The van der Waals surface area contributed by atoms with Crippen LogP contribution < -0.4 is 5.32 Å². The molecule has 1 aromatic carbocycles. The van der Waals surface area contributed by atoms with Crippen LogP contribution in [0.25, 0.3) is 0 Å². The zero-order valence-electron chi connectivity index (χ0n) is 17.7. The summed E-state index contributed by atoms with van der Waals surface area (Å²) in [6.07, 6.45) is 0. The van der Waals surface area contributed by atoms with Gasteiger partial charge in [-0.2, -0.15) is 4.31 Å². The van der Waals surface area contributed by atoms with E-state index >= 15 is 0 Å². The molecule has 1 aromatic heterocycles. The van der Waals surface area contributed by atoms with Crippen molar-refractivity contribution in [1.29, 1.82) is 0 Å². The average Bonchev–Trinajstić information content (AvgIpc) is 2.63. The van der Waals surface area contributed by atoms with Gasteiger partial charge in [0.15, 0.2) is 0 Å². The molecule has 1 N–H and O–H groups in total. The van der Waals surface area contributed by atoms with Crippen molar-refractivity contribution < 1.29 is 13.2 Å². The molecule has 0 saturated carbocycles. The Morgan fingerprint density at radius 3 is 2.38 bits per heavy atom. The van der Waals surface area contributed by atoms with E-state index in [4.69, 9.17) is 0 Å². The summed E-state index contributed by atoms with van der Waals surface area (Å²) in [5.74, 6) is 0.434. The maximum Gasteiger partial charge on any atom is 0.243 e. The van der Waals surface area contributed by atoms with Crippen molar-refractivity contribution in [3.05, 3.63) is 41.3 Å². The predicted molar refractivity (Wildman–Crippen MR) is 117 cm³/mol. The van der Waals surface area contributed by atoms with E-state index in [1.807, 2.05) is 19.9 Å². The quantitative estimate of drug-likeness (QED) is 0.502. The number of aryl methyl sites for hydroxylation is 3. The molecule has 0 bridgehead atoms. The van der Waals surface area contributed by atoms with Crippen LogP contribution in [-0.4, -0.2) is 46.9 Å². The molecule has 0 radical (unpaired) electrons. The van der Waals surface area contributed by atoms with E-state index in [-0.39, 0.29) is 10.8 Å². The zero-order chi connectivity index (χ0) is 21.8. The topological polar surface area (TPSA) is 92.3 Å². The molecule has 2 rings (SSSR count). The van der Waals surface area contributed by atoms with E-state index in [1.165, 1.54) is 22.1 Å². The fourth-order valence-electron chi connectivity index (χ4n) is 2.88. The number of hydrogen-bond donors (Lipinski definition) is 1. The number of rotatable bonds is 8. The molecular formula is C20H28N4O3S2. The Hall–Kier alpha value is -1.97. The number of aromatic nitrogens is 2. The largest absolute Gasteiger partial charge is 0.325 e. The predicted octanol–water partition coefficient (Wildman–Crippen LogP) is 3.55. The summed E-state index contributed by atoms with van der Waals surface area (Å²) < 4.78 is 27.2. The van der Waals surface area contributed by atoms with Crippen LogP contribution in [0, 0.1) is 20.8 Å². The monoisotopic (exact) mass is 436 g/mol. The van der Waals surface area contributed by atoms with Crippen molar-refractivity contribution >= 4 is 33.4 Å². The number of hydrogen-bond acceptors (Lipinski definition) is 6. The summed E-state index contributed by atoms with van der Waals surface area (Å²) in [6, 6.07) is 6.78. The third-order valence-electron chi connectivity index (χ3n) is 4.39. The van der Waals surface area contributed by atoms with Gasteiger partial charge in [0, 0.05) is 24.5 Å². The minimum atomic E-state index is -3.61. The number of carbonyl (C=O) groups excluding carboxylic acids is 1. The van der Waals surface area contributed by atoms with E-state index in [9.17, 15) is 13.2 Å². The molecule has 1 heterocycles. The maximum absolute atomic E-state index is 12.9. The lowest BCUT2D eigenvalue weighted by Gasteiger charge is -2.20. The average molecular weight is 437 g/mol. The van der Waals surface area contributed by atoms with Crippen molar-refractivity contribution in [1.82, 2.24) is 14.3 Å². The molecule has 29 heavy (non-hydrogen) atoms. The first kappa shape index (κ1) is 23.3. The Balaban J connectivity index is 2.20. The SMILES string of the molecule is CCN(CC)S(=O)(=O)c1cc(NC(=O)C(C)Sc2cc(C)nc(C)n2)ccc1C. The van der Waals surface area contributed by atoms with Gasteiger partial charge in [-0.1, -0.05) is 31.7 Å². The van der Waals surface area contributed by atoms with Gasteiger partial charge in [0.25, 0.3) is 0 Å². The second-order valence-electron chi connectivity index (χ2n) is 6.71. The second kappa shape index (κ2) is 9.69. The van der Waals surface area contributed by atoms with Crippen LogP contribution in [-0.2, 0) is 14.8 Å². The molecule has 0 fully saturated rings. The fraction of sp³-hybridized carbons (Fsp3) is 0.450. The fourth-order valence-corrected chi connectivity index (χ4v) is 5.54. The van der Waals surface area contributed by atoms with Crippen LogP contribution in [0.4, 0.5) is 5.69 Å². The number of thioether (sulfide) groups is 1. The summed E-state index contributed by atoms with van der Waals surface area (Å²) in [6.45, 7) is 11.6. The summed E-state index contributed by atoms with van der Waals surface area (Å²) in [5, 5.41) is 3.14. The Morgan fingerprint density at radius 1 is 1.14 bits per heavy atom. The molecule has 9 heteroatoms. The number of anilines is 1. The van der Waals surface area contributed by atoms with E-state index < -0.39 is 15.3 Å². The number of benzene rings is 1.